The van der Waals surface area contributed by atoms with Crippen LogP contribution in [-0.2, 0) is 4.79 Å². The number of para-hydroxylation sites is 1. The van der Waals surface area contributed by atoms with Crippen LogP contribution in [0.4, 0.5) is 5.69 Å². The van der Waals surface area contributed by atoms with Gasteiger partial charge in [0.1, 0.15) is 0 Å². The topological polar surface area (TPSA) is 20.3 Å². The van der Waals surface area contributed by atoms with E-state index in [2.05, 4.69) is 13.5 Å². The normalized spacial score (nSPS) is 10.1. The number of carbonyl (C=O) groups is 1. The van der Waals surface area contributed by atoms with Crippen LogP contribution in [0.5, 0.6) is 0 Å². The van der Waals surface area contributed by atoms with E-state index in [-0.39, 0.29) is 5.91 Å². The summed E-state index contributed by atoms with van der Waals surface area (Å²) in [5.74, 6) is 0.949. The molecule has 18 heavy (non-hydrogen) atoms. The maximum Gasteiger partial charge on any atom is 0.263 e. The van der Waals surface area contributed by atoms with E-state index in [0.29, 0.717) is 5.57 Å². The Morgan fingerprint density at radius 3 is 2.50 bits per heavy atom. The predicted molar refractivity (Wildman–Crippen MR) is 80.7 cm³/mol. The molecule has 1 aromatic carbocycles. The van der Waals surface area contributed by atoms with Gasteiger partial charge in [0, 0.05) is 11.3 Å². The smallest absolute Gasteiger partial charge is 0.263 e. The van der Waals surface area contributed by atoms with Crippen LogP contribution in [0.2, 0.25) is 0 Å². The molecule has 0 bridgehead atoms. The molecule has 0 aliphatic heterocycles. The van der Waals surface area contributed by atoms with Gasteiger partial charge in [-0.1, -0.05) is 44.5 Å². The van der Waals surface area contributed by atoms with Gasteiger partial charge in [0.25, 0.3) is 5.91 Å². The monoisotopic (exact) mass is 263 g/mol. The third kappa shape index (κ3) is 4.57. The van der Waals surface area contributed by atoms with E-state index in [1.807, 2.05) is 30.3 Å². The largest absolute Gasteiger partial charge is 0.268 e. The SMILES string of the molecule is C=C(C)C(=O)N(SCCCCC)c1ccccc1. The molecule has 0 fully saturated rings. The average molecular weight is 263 g/mol. The fourth-order valence-electron chi connectivity index (χ4n) is 1.50. The lowest BCUT2D eigenvalue weighted by molar-refractivity contribution is -0.113. The first-order chi connectivity index (χ1) is 8.66. The molecule has 0 N–H and O–H groups in total. The van der Waals surface area contributed by atoms with Gasteiger partial charge in [0.2, 0.25) is 0 Å². The first-order valence-corrected chi connectivity index (χ1v) is 7.29. The van der Waals surface area contributed by atoms with E-state index in [1.165, 1.54) is 12.8 Å². The van der Waals surface area contributed by atoms with Crippen LogP contribution in [0.15, 0.2) is 42.5 Å². The second-order valence-corrected chi connectivity index (χ2v) is 5.29. The van der Waals surface area contributed by atoms with Crippen molar-refractivity contribution >= 4 is 23.5 Å². The molecule has 1 amide bonds. The zero-order valence-corrected chi connectivity index (χ0v) is 12.0. The van der Waals surface area contributed by atoms with Gasteiger partial charge in [0.15, 0.2) is 0 Å². The molecular formula is C15H21NOS. The van der Waals surface area contributed by atoms with Gasteiger partial charge in [-0.25, -0.2) is 0 Å². The number of hydrogen-bond donors (Lipinski definition) is 0. The van der Waals surface area contributed by atoms with Crippen LogP contribution in [0.1, 0.15) is 33.1 Å². The molecule has 2 nitrogen and oxygen atoms in total. The van der Waals surface area contributed by atoms with E-state index in [1.54, 1.807) is 23.2 Å². The standard InChI is InChI=1S/C15H21NOS/c1-4-5-9-12-18-16(15(17)13(2)3)14-10-7-6-8-11-14/h6-8,10-11H,2,4-5,9,12H2,1,3H3. The lowest BCUT2D eigenvalue weighted by Gasteiger charge is -2.21. The van der Waals surface area contributed by atoms with Crippen molar-refractivity contribution in [2.45, 2.75) is 33.1 Å². The average Bonchev–Trinajstić information content (AvgIpc) is 2.39. The second-order valence-electron chi connectivity index (χ2n) is 4.26. The molecule has 0 aliphatic rings. The lowest BCUT2D eigenvalue weighted by atomic mass is 10.3. The van der Waals surface area contributed by atoms with Gasteiger partial charge in [0.05, 0.1) is 5.69 Å². The minimum absolute atomic E-state index is 0.0114. The summed E-state index contributed by atoms with van der Waals surface area (Å²) >= 11 is 1.57. The highest BCUT2D eigenvalue weighted by atomic mass is 32.2. The quantitative estimate of drug-likeness (QED) is 0.412. The molecule has 0 radical (unpaired) electrons. The van der Waals surface area contributed by atoms with Crippen molar-refractivity contribution < 1.29 is 4.79 Å². The van der Waals surface area contributed by atoms with Gasteiger partial charge < -0.3 is 0 Å². The van der Waals surface area contributed by atoms with Crippen molar-refractivity contribution in [3.05, 3.63) is 42.5 Å². The number of rotatable bonds is 7. The van der Waals surface area contributed by atoms with Crippen LogP contribution in [-0.4, -0.2) is 11.7 Å². The molecule has 0 saturated heterocycles. The fraction of sp³-hybridized carbons (Fsp3) is 0.400. The first kappa shape index (κ1) is 14.8. The summed E-state index contributed by atoms with van der Waals surface area (Å²) in [6, 6.07) is 9.75. The predicted octanol–water partition coefficient (Wildman–Crippen LogP) is 4.43. The number of amides is 1. The van der Waals surface area contributed by atoms with E-state index in [4.69, 9.17) is 0 Å². The molecule has 0 aromatic heterocycles. The Morgan fingerprint density at radius 1 is 1.28 bits per heavy atom. The number of carbonyl (C=O) groups excluding carboxylic acids is 1. The third-order valence-corrected chi connectivity index (χ3v) is 3.61. The second kappa shape index (κ2) is 7.98. The Balaban J connectivity index is 2.70. The summed E-state index contributed by atoms with van der Waals surface area (Å²) in [6.45, 7) is 7.68. The molecular weight excluding hydrogens is 242 g/mol. The third-order valence-electron chi connectivity index (χ3n) is 2.51. The van der Waals surface area contributed by atoms with Crippen molar-refractivity contribution in [2.24, 2.45) is 0 Å². The van der Waals surface area contributed by atoms with E-state index >= 15 is 0 Å². The lowest BCUT2D eigenvalue weighted by Crippen LogP contribution is -2.24. The van der Waals surface area contributed by atoms with Crippen LogP contribution in [0.3, 0.4) is 0 Å². The maximum atomic E-state index is 12.1. The van der Waals surface area contributed by atoms with Crippen molar-refractivity contribution in [1.29, 1.82) is 0 Å². The number of nitrogens with zero attached hydrogens (tertiary/aromatic N) is 1. The van der Waals surface area contributed by atoms with Gasteiger partial charge in [-0.05, 0) is 37.4 Å². The summed E-state index contributed by atoms with van der Waals surface area (Å²) in [5.41, 5.74) is 1.49. The highest BCUT2D eigenvalue weighted by Crippen LogP contribution is 2.25. The Morgan fingerprint density at radius 2 is 1.94 bits per heavy atom. The zero-order chi connectivity index (χ0) is 13.4. The van der Waals surface area contributed by atoms with E-state index in [0.717, 1.165) is 17.9 Å². The summed E-state index contributed by atoms with van der Waals surface area (Å²) < 4.78 is 1.75. The van der Waals surface area contributed by atoms with Crippen LogP contribution >= 0.6 is 11.9 Å². The summed E-state index contributed by atoms with van der Waals surface area (Å²) in [4.78, 5) is 12.1. The molecule has 0 aliphatic carbocycles. The molecule has 0 heterocycles. The van der Waals surface area contributed by atoms with Crippen LogP contribution in [0.25, 0.3) is 0 Å². The molecule has 3 heteroatoms. The summed E-state index contributed by atoms with van der Waals surface area (Å²) in [7, 11) is 0. The van der Waals surface area contributed by atoms with Crippen molar-refractivity contribution in [3.63, 3.8) is 0 Å². The van der Waals surface area contributed by atoms with Gasteiger partial charge in [-0.2, -0.15) is 0 Å². The number of hydrogen-bond acceptors (Lipinski definition) is 2. The molecule has 1 rings (SSSR count). The Labute approximate surface area is 114 Å². The number of anilines is 1. The Kier molecular flexibility index (Phi) is 6.58. The number of benzene rings is 1. The fourth-order valence-corrected chi connectivity index (χ4v) is 2.55. The van der Waals surface area contributed by atoms with Crippen molar-refractivity contribution in [1.82, 2.24) is 0 Å². The highest BCUT2D eigenvalue weighted by Gasteiger charge is 2.16. The molecule has 0 atom stereocenters. The molecule has 1 aromatic rings. The van der Waals surface area contributed by atoms with Crippen LogP contribution in [0, 0.1) is 0 Å². The maximum absolute atomic E-state index is 12.1. The highest BCUT2D eigenvalue weighted by molar-refractivity contribution is 8.01. The van der Waals surface area contributed by atoms with Crippen molar-refractivity contribution in [2.75, 3.05) is 10.1 Å². The van der Waals surface area contributed by atoms with E-state index in [9.17, 15) is 4.79 Å². The molecule has 0 spiro atoms. The van der Waals surface area contributed by atoms with E-state index < -0.39 is 0 Å². The Hall–Kier alpha value is -1.22. The summed E-state index contributed by atoms with van der Waals surface area (Å²) in [5, 5.41) is 0. The van der Waals surface area contributed by atoms with Gasteiger partial charge in [-0.15, -0.1) is 0 Å². The Bertz CT molecular complexity index is 389. The zero-order valence-electron chi connectivity index (χ0n) is 11.2. The van der Waals surface area contributed by atoms with Crippen LogP contribution < -0.4 is 4.31 Å². The molecule has 0 saturated carbocycles. The number of unbranched alkanes of at least 4 members (excludes halogenated alkanes) is 2. The van der Waals surface area contributed by atoms with Crippen molar-refractivity contribution in [3.8, 4) is 0 Å². The molecule has 0 unspecified atom stereocenters. The van der Waals surface area contributed by atoms with Gasteiger partial charge in [-0.3, -0.25) is 9.10 Å². The van der Waals surface area contributed by atoms with Gasteiger partial charge >= 0.3 is 0 Å². The molecule has 98 valence electrons. The summed E-state index contributed by atoms with van der Waals surface area (Å²) in [6.07, 6.45) is 3.53. The first-order valence-electron chi connectivity index (χ1n) is 6.34. The minimum atomic E-state index is -0.0114. The minimum Gasteiger partial charge on any atom is -0.268 e.